The third-order valence-electron chi connectivity index (χ3n) is 4.85. The molecule has 0 radical (unpaired) electrons. The number of guanidine groups is 1. The highest BCUT2D eigenvalue weighted by Gasteiger charge is 2.21. The van der Waals surface area contributed by atoms with Crippen LogP contribution in [0.25, 0.3) is 0 Å². The largest absolute Gasteiger partial charge is 0.493 e. The second-order valence-corrected chi connectivity index (χ2v) is 8.10. The SMILES string of the molecule is CCNC(=NCc1cccc(OCC(C)C)c1)NC1CCN(C(C)C)CC1. The van der Waals surface area contributed by atoms with Gasteiger partial charge in [0.1, 0.15) is 5.75 Å². The van der Waals surface area contributed by atoms with E-state index in [1.165, 1.54) is 18.4 Å². The summed E-state index contributed by atoms with van der Waals surface area (Å²) in [5, 5.41) is 7.01. The number of aliphatic imine (C=N–C) groups is 1. The Morgan fingerprint density at radius 2 is 1.96 bits per heavy atom. The number of likely N-dealkylation sites (tertiary alicyclic amines) is 1. The highest BCUT2D eigenvalue weighted by molar-refractivity contribution is 5.80. The van der Waals surface area contributed by atoms with Crippen molar-refractivity contribution in [3.05, 3.63) is 29.8 Å². The first kappa shape index (κ1) is 21.5. The zero-order valence-corrected chi connectivity index (χ0v) is 17.8. The maximum Gasteiger partial charge on any atom is 0.191 e. The fourth-order valence-electron chi connectivity index (χ4n) is 3.24. The molecule has 1 aromatic carbocycles. The van der Waals surface area contributed by atoms with Crippen LogP contribution in [0.2, 0.25) is 0 Å². The van der Waals surface area contributed by atoms with E-state index in [0.29, 0.717) is 24.5 Å². The number of piperidine rings is 1. The molecule has 0 aromatic heterocycles. The first-order chi connectivity index (χ1) is 13.0. The van der Waals surface area contributed by atoms with Gasteiger partial charge in [-0.15, -0.1) is 0 Å². The number of nitrogens with zero attached hydrogens (tertiary/aromatic N) is 2. The normalized spacial score (nSPS) is 16.8. The van der Waals surface area contributed by atoms with Gasteiger partial charge in [0.05, 0.1) is 13.2 Å². The Kier molecular flexibility index (Phi) is 8.92. The van der Waals surface area contributed by atoms with Crippen molar-refractivity contribution in [1.82, 2.24) is 15.5 Å². The van der Waals surface area contributed by atoms with Gasteiger partial charge in [-0.1, -0.05) is 26.0 Å². The molecule has 0 bridgehead atoms. The third-order valence-corrected chi connectivity index (χ3v) is 4.85. The van der Waals surface area contributed by atoms with Crippen molar-refractivity contribution in [2.45, 2.75) is 66.1 Å². The lowest BCUT2D eigenvalue weighted by Crippen LogP contribution is -2.49. The fourth-order valence-corrected chi connectivity index (χ4v) is 3.24. The molecule has 27 heavy (non-hydrogen) atoms. The van der Waals surface area contributed by atoms with Crippen LogP contribution in [-0.2, 0) is 6.54 Å². The molecule has 1 saturated heterocycles. The Hall–Kier alpha value is -1.75. The van der Waals surface area contributed by atoms with Crippen LogP contribution in [0, 0.1) is 5.92 Å². The van der Waals surface area contributed by atoms with Crippen molar-refractivity contribution in [1.29, 1.82) is 0 Å². The Balaban J connectivity index is 1.90. The molecule has 0 amide bonds. The van der Waals surface area contributed by atoms with Gasteiger partial charge in [-0.25, -0.2) is 4.99 Å². The molecule has 0 aliphatic carbocycles. The van der Waals surface area contributed by atoms with Gasteiger partial charge < -0.3 is 20.3 Å². The van der Waals surface area contributed by atoms with Crippen molar-refractivity contribution in [3.8, 4) is 5.75 Å². The van der Waals surface area contributed by atoms with Crippen LogP contribution in [0.4, 0.5) is 0 Å². The highest BCUT2D eigenvalue weighted by Crippen LogP contribution is 2.16. The average molecular weight is 375 g/mol. The molecule has 0 spiro atoms. The van der Waals surface area contributed by atoms with Gasteiger partial charge in [-0.05, 0) is 57.2 Å². The van der Waals surface area contributed by atoms with E-state index < -0.39 is 0 Å². The Morgan fingerprint density at radius 3 is 2.59 bits per heavy atom. The lowest BCUT2D eigenvalue weighted by molar-refractivity contribution is 0.167. The molecule has 0 saturated carbocycles. The Bertz CT molecular complexity index is 577. The summed E-state index contributed by atoms with van der Waals surface area (Å²) in [7, 11) is 0. The molecular formula is C22H38N4O. The number of nitrogens with one attached hydrogen (secondary N) is 2. The van der Waals surface area contributed by atoms with E-state index in [4.69, 9.17) is 9.73 Å². The minimum atomic E-state index is 0.499. The van der Waals surface area contributed by atoms with Crippen LogP contribution in [0.5, 0.6) is 5.75 Å². The molecule has 1 aliphatic rings. The van der Waals surface area contributed by atoms with Crippen molar-refractivity contribution < 1.29 is 4.74 Å². The molecule has 1 aromatic rings. The maximum atomic E-state index is 5.83. The fraction of sp³-hybridized carbons (Fsp3) is 0.682. The second kappa shape index (κ2) is 11.2. The molecule has 2 rings (SSSR count). The lowest BCUT2D eigenvalue weighted by Gasteiger charge is -2.35. The summed E-state index contributed by atoms with van der Waals surface area (Å²) >= 11 is 0. The molecular weight excluding hydrogens is 336 g/mol. The number of benzene rings is 1. The van der Waals surface area contributed by atoms with E-state index in [9.17, 15) is 0 Å². The Morgan fingerprint density at radius 1 is 1.22 bits per heavy atom. The van der Waals surface area contributed by atoms with E-state index in [0.717, 1.165) is 38.0 Å². The van der Waals surface area contributed by atoms with Crippen LogP contribution < -0.4 is 15.4 Å². The van der Waals surface area contributed by atoms with Crippen LogP contribution >= 0.6 is 0 Å². The minimum Gasteiger partial charge on any atom is -0.493 e. The van der Waals surface area contributed by atoms with Crippen molar-refractivity contribution in [2.24, 2.45) is 10.9 Å². The summed E-state index contributed by atoms with van der Waals surface area (Å²) in [5.41, 5.74) is 1.17. The molecule has 5 nitrogen and oxygen atoms in total. The summed E-state index contributed by atoms with van der Waals surface area (Å²) in [5.74, 6) is 2.36. The molecule has 152 valence electrons. The van der Waals surface area contributed by atoms with E-state index in [1.54, 1.807) is 0 Å². The molecule has 1 fully saturated rings. The standard InChI is InChI=1S/C22H38N4O/c1-6-23-22(25-20-10-12-26(13-11-20)18(4)5)24-15-19-8-7-9-21(14-19)27-16-17(2)3/h7-9,14,17-18,20H,6,10-13,15-16H2,1-5H3,(H2,23,24,25). The number of hydrogen-bond acceptors (Lipinski definition) is 3. The molecule has 1 heterocycles. The number of ether oxygens (including phenoxy) is 1. The molecule has 5 heteroatoms. The second-order valence-electron chi connectivity index (χ2n) is 8.10. The first-order valence-electron chi connectivity index (χ1n) is 10.5. The summed E-state index contributed by atoms with van der Waals surface area (Å²) in [6.07, 6.45) is 2.34. The molecule has 1 aliphatic heterocycles. The average Bonchev–Trinajstić information content (AvgIpc) is 2.65. The molecule has 2 N–H and O–H groups in total. The van der Waals surface area contributed by atoms with Gasteiger partial charge in [-0.3, -0.25) is 0 Å². The van der Waals surface area contributed by atoms with Crippen LogP contribution in [0.1, 0.15) is 53.0 Å². The van der Waals surface area contributed by atoms with E-state index in [-0.39, 0.29) is 0 Å². The van der Waals surface area contributed by atoms with E-state index >= 15 is 0 Å². The van der Waals surface area contributed by atoms with Crippen LogP contribution in [0.3, 0.4) is 0 Å². The zero-order chi connectivity index (χ0) is 19.6. The van der Waals surface area contributed by atoms with Gasteiger partial charge >= 0.3 is 0 Å². The summed E-state index contributed by atoms with van der Waals surface area (Å²) in [6.45, 7) is 15.6. The predicted octanol–water partition coefficient (Wildman–Crippen LogP) is 3.65. The monoisotopic (exact) mass is 374 g/mol. The van der Waals surface area contributed by atoms with Gasteiger partial charge in [-0.2, -0.15) is 0 Å². The van der Waals surface area contributed by atoms with Crippen molar-refractivity contribution >= 4 is 5.96 Å². The van der Waals surface area contributed by atoms with E-state index in [1.807, 2.05) is 12.1 Å². The molecule has 0 atom stereocenters. The first-order valence-corrected chi connectivity index (χ1v) is 10.5. The van der Waals surface area contributed by atoms with Crippen LogP contribution in [-0.4, -0.2) is 49.2 Å². The van der Waals surface area contributed by atoms with Crippen molar-refractivity contribution in [3.63, 3.8) is 0 Å². The number of rotatable bonds is 8. The summed E-state index contributed by atoms with van der Waals surface area (Å²) in [4.78, 5) is 7.34. The quantitative estimate of drug-likeness (QED) is 0.539. The third kappa shape index (κ3) is 7.79. The van der Waals surface area contributed by atoms with Gasteiger partial charge in [0, 0.05) is 31.7 Å². The van der Waals surface area contributed by atoms with Gasteiger partial charge in [0.2, 0.25) is 0 Å². The topological polar surface area (TPSA) is 48.9 Å². The Labute approximate surface area is 165 Å². The van der Waals surface area contributed by atoms with Gasteiger partial charge in [0.15, 0.2) is 5.96 Å². The highest BCUT2D eigenvalue weighted by atomic mass is 16.5. The van der Waals surface area contributed by atoms with Crippen LogP contribution in [0.15, 0.2) is 29.3 Å². The predicted molar refractivity (Wildman–Crippen MR) is 114 cm³/mol. The zero-order valence-electron chi connectivity index (χ0n) is 17.8. The lowest BCUT2D eigenvalue weighted by atomic mass is 10.0. The van der Waals surface area contributed by atoms with Gasteiger partial charge in [0.25, 0.3) is 0 Å². The number of hydrogen-bond donors (Lipinski definition) is 2. The summed E-state index contributed by atoms with van der Waals surface area (Å²) in [6, 6.07) is 9.40. The minimum absolute atomic E-state index is 0.499. The smallest absolute Gasteiger partial charge is 0.191 e. The summed E-state index contributed by atoms with van der Waals surface area (Å²) < 4.78 is 5.83. The maximum absolute atomic E-state index is 5.83. The van der Waals surface area contributed by atoms with Crippen molar-refractivity contribution in [2.75, 3.05) is 26.2 Å². The molecule has 0 unspecified atom stereocenters. The van der Waals surface area contributed by atoms with E-state index in [2.05, 4.69) is 62.3 Å².